The van der Waals surface area contributed by atoms with Gasteiger partial charge in [0.05, 0.1) is 12.0 Å². The van der Waals surface area contributed by atoms with E-state index >= 15 is 0 Å². The molecule has 1 heterocycles. The first kappa shape index (κ1) is 13.7. The van der Waals surface area contributed by atoms with Gasteiger partial charge in [-0.15, -0.1) is 0 Å². The van der Waals surface area contributed by atoms with Crippen molar-refractivity contribution in [2.75, 3.05) is 0 Å². The van der Waals surface area contributed by atoms with Gasteiger partial charge in [-0.3, -0.25) is 0 Å². The summed E-state index contributed by atoms with van der Waals surface area (Å²) in [6.45, 7) is 7.86. The summed E-state index contributed by atoms with van der Waals surface area (Å²) in [6, 6.07) is 7.97. The van der Waals surface area contributed by atoms with Gasteiger partial charge in [0, 0.05) is 5.56 Å². The van der Waals surface area contributed by atoms with Crippen LogP contribution in [0.15, 0.2) is 28.8 Å². The normalized spacial score (nSPS) is 14.6. The summed E-state index contributed by atoms with van der Waals surface area (Å²) in [7, 11) is 0. The van der Waals surface area contributed by atoms with E-state index in [1.54, 1.807) is 6.92 Å². The van der Waals surface area contributed by atoms with E-state index in [-0.39, 0.29) is 11.8 Å². The van der Waals surface area contributed by atoms with Gasteiger partial charge in [-0.05, 0) is 19.8 Å². The third kappa shape index (κ3) is 3.01. The third-order valence-corrected chi connectivity index (χ3v) is 3.27. The van der Waals surface area contributed by atoms with Crippen LogP contribution in [0.2, 0.25) is 0 Å². The molecular weight excluding hydrogens is 240 g/mol. The van der Waals surface area contributed by atoms with Crippen molar-refractivity contribution in [1.82, 2.24) is 10.1 Å². The average Bonchev–Trinajstić information content (AvgIpc) is 2.78. The Morgan fingerprint density at radius 2 is 1.74 bits per heavy atom. The molecule has 0 aliphatic rings. The van der Waals surface area contributed by atoms with Crippen LogP contribution >= 0.6 is 0 Å². The van der Waals surface area contributed by atoms with Gasteiger partial charge in [-0.25, -0.2) is 0 Å². The molecule has 0 saturated carbocycles. The molecule has 4 nitrogen and oxygen atoms in total. The number of benzene rings is 1. The van der Waals surface area contributed by atoms with Crippen LogP contribution in [0.5, 0.6) is 0 Å². The summed E-state index contributed by atoms with van der Waals surface area (Å²) in [5.41, 5.74) is 2.12. The topological polar surface area (TPSA) is 59.2 Å². The number of rotatable bonds is 4. The first-order chi connectivity index (χ1) is 8.99. The van der Waals surface area contributed by atoms with Crippen molar-refractivity contribution in [3.8, 4) is 11.4 Å². The standard InChI is InChI=1S/C15H20N2O2/c1-9(2)13(11(4)18)15-16-14(17-19-15)12-7-5-10(3)6-8-12/h5-9,11,13,18H,1-4H3. The van der Waals surface area contributed by atoms with Crippen LogP contribution in [-0.2, 0) is 0 Å². The van der Waals surface area contributed by atoms with Crippen LogP contribution in [0, 0.1) is 12.8 Å². The summed E-state index contributed by atoms with van der Waals surface area (Å²) < 4.78 is 5.31. The molecule has 1 N–H and O–H groups in total. The van der Waals surface area contributed by atoms with Gasteiger partial charge in [0.25, 0.3) is 0 Å². The molecule has 2 unspecified atom stereocenters. The number of aliphatic hydroxyl groups excluding tert-OH is 1. The lowest BCUT2D eigenvalue weighted by molar-refractivity contribution is 0.120. The molecular formula is C15H20N2O2. The Balaban J connectivity index is 2.30. The maximum absolute atomic E-state index is 9.82. The molecule has 1 aromatic carbocycles. The molecule has 19 heavy (non-hydrogen) atoms. The molecule has 0 radical (unpaired) electrons. The largest absolute Gasteiger partial charge is 0.393 e. The van der Waals surface area contributed by atoms with E-state index in [0.29, 0.717) is 11.7 Å². The average molecular weight is 260 g/mol. The van der Waals surface area contributed by atoms with Crippen LogP contribution in [-0.4, -0.2) is 21.4 Å². The number of aliphatic hydroxyl groups is 1. The fraction of sp³-hybridized carbons (Fsp3) is 0.467. The van der Waals surface area contributed by atoms with E-state index in [0.717, 1.165) is 5.56 Å². The van der Waals surface area contributed by atoms with E-state index < -0.39 is 6.10 Å². The van der Waals surface area contributed by atoms with Gasteiger partial charge in [0.15, 0.2) is 0 Å². The highest BCUT2D eigenvalue weighted by Crippen LogP contribution is 2.28. The predicted octanol–water partition coefficient (Wildman–Crippen LogP) is 3.17. The first-order valence-corrected chi connectivity index (χ1v) is 6.57. The minimum Gasteiger partial charge on any atom is -0.393 e. The van der Waals surface area contributed by atoms with Gasteiger partial charge in [0.2, 0.25) is 11.7 Å². The van der Waals surface area contributed by atoms with Gasteiger partial charge >= 0.3 is 0 Å². The summed E-state index contributed by atoms with van der Waals surface area (Å²) in [4.78, 5) is 4.42. The molecule has 0 spiro atoms. The quantitative estimate of drug-likeness (QED) is 0.917. The molecule has 0 amide bonds. The van der Waals surface area contributed by atoms with Crippen molar-refractivity contribution in [1.29, 1.82) is 0 Å². The van der Waals surface area contributed by atoms with Crippen LogP contribution < -0.4 is 0 Å². The first-order valence-electron chi connectivity index (χ1n) is 6.57. The maximum Gasteiger partial charge on any atom is 0.232 e. The zero-order valence-electron chi connectivity index (χ0n) is 11.8. The van der Waals surface area contributed by atoms with E-state index in [1.807, 2.05) is 45.0 Å². The van der Waals surface area contributed by atoms with Crippen LogP contribution in [0.3, 0.4) is 0 Å². The zero-order chi connectivity index (χ0) is 14.0. The smallest absolute Gasteiger partial charge is 0.232 e. The number of aryl methyl sites for hydroxylation is 1. The fourth-order valence-corrected chi connectivity index (χ4v) is 2.24. The Morgan fingerprint density at radius 1 is 1.11 bits per heavy atom. The Hall–Kier alpha value is -1.68. The second-order valence-electron chi connectivity index (χ2n) is 5.33. The van der Waals surface area contributed by atoms with Gasteiger partial charge in [0.1, 0.15) is 0 Å². The van der Waals surface area contributed by atoms with Crippen molar-refractivity contribution >= 4 is 0 Å². The molecule has 0 saturated heterocycles. The second kappa shape index (κ2) is 5.53. The van der Waals surface area contributed by atoms with Gasteiger partial charge in [-0.2, -0.15) is 4.98 Å². The third-order valence-electron chi connectivity index (χ3n) is 3.27. The molecule has 2 atom stereocenters. The van der Waals surface area contributed by atoms with E-state index in [2.05, 4.69) is 10.1 Å². The van der Waals surface area contributed by atoms with Crippen molar-refractivity contribution in [2.24, 2.45) is 5.92 Å². The van der Waals surface area contributed by atoms with Crippen molar-refractivity contribution < 1.29 is 9.63 Å². The molecule has 0 bridgehead atoms. The minimum absolute atomic E-state index is 0.133. The lowest BCUT2D eigenvalue weighted by Gasteiger charge is -2.19. The Labute approximate surface area is 113 Å². The lowest BCUT2D eigenvalue weighted by atomic mass is 9.91. The van der Waals surface area contributed by atoms with Crippen LogP contribution in [0.25, 0.3) is 11.4 Å². The zero-order valence-corrected chi connectivity index (χ0v) is 11.8. The second-order valence-corrected chi connectivity index (χ2v) is 5.33. The molecule has 0 aliphatic heterocycles. The minimum atomic E-state index is -0.508. The lowest BCUT2D eigenvalue weighted by Crippen LogP contribution is -2.20. The van der Waals surface area contributed by atoms with E-state index in [9.17, 15) is 5.11 Å². The highest BCUT2D eigenvalue weighted by Gasteiger charge is 2.27. The van der Waals surface area contributed by atoms with Crippen molar-refractivity contribution in [3.05, 3.63) is 35.7 Å². The SMILES string of the molecule is Cc1ccc(-c2noc(C(C(C)C)C(C)O)n2)cc1. The molecule has 0 fully saturated rings. The molecule has 0 aliphatic carbocycles. The van der Waals surface area contributed by atoms with Crippen molar-refractivity contribution in [3.63, 3.8) is 0 Å². The van der Waals surface area contributed by atoms with Gasteiger partial charge in [-0.1, -0.05) is 48.8 Å². The maximum atomic E-state index is 9.82. The van der Waals surface area contributed by atoms with Crippen LogP contribution in [0.4, 0.5) is 0 Å². The highest BCUT2D eigenvalue weighted by atomic mass is 16.5. The van der Waals surface area contributed by atoms with Crippen LogP contribution in [0.1, 0.15) is 38.1 Å². The fourth-order valence-electron chi connectivity index (χ4n) is 2.24. The monoisotopic (exact) mass is 260 g/mol. The molecule has 4 heteroatoms. The number of nitrogens with zero attached hydrogens (tertiary/aromatic N) is 2. The molecule has 2 aromatic rings. The van der Waals surface area contributed by atoms with E-state index in [4.69, 9.17) is 4.52 Å². The Morgan fingerprint density at radius 3 is 2.26 bits per heavy atom. The number of aromatic nitrogens is 2. The Bertz CT molecular complexity index is 521. The molecule has 102 valence electrons. The number of hydrogen-bond donors (Lipinski definition) is 1. The number of hydrogen-bond acceptors (Lipinski definition) is 4. The summed E-state index contributed by atoms with van der Waals surface area (Å²) in [6.07, 6.45) is -0.508. The Kier molecular flexibility index (Phi) is 4.00. The van der Waals surface area contributed by atoms with Crippen molar-refractivity contribution in [2.45, 2.75) is 39.7 Å². The predicted molar refractivity (Wildman–Crippen MR) is 73.7 cm³/mol. The summed E-state index contributed by atoms with van der Waals surface area (Å²) >= 11 is 0. The summed E-state index contributed by atoms with van der Waals surface area (Å²) in [5, 5.41) is 13.8. The summed E-state index contributed by atoms with van der Waals surface area (Å²) in [5.74, 6) is 1.18. The van der Waals surface area contributed by atoms with E-state index in [1.165, 1.54) is 5.56 Å². The van der Waals surface area contributed by atoms with Gasteiger partial charge < -0.3 is 9.63 Å². The highest BCUT2D eigenvalue weighted by molar-refractivity contribution is 5.54. The molecule has 1 aromatic heterocycles. The molecule has 2 rings (SSSR count).